The molecule has 5 aromatic rings. The number of hydrogen-bond acceptors (Lipinski definition) is 12. The molecule has 422 valence electrons. The molecule has 5 heterocycles. The Labute approximate surface area is 468 Å². The van der Waals surface area contributed by atoms with Crippen LogP contribution in [0.4, 0.5) is 5.69 Å². The van der Waals surface area contributed by atoms with E-state index in [0.717, 1.165) is 88.2 Å². The topological polar surface area (TPSA) is 210 Å². The van der Waals surface area contributed by atoms with E-state index in [0.29, 0.717) is 43.6 Å². The highest BCUT2D eigenvalue weighted by atomic mass is 32.1. The molecular weight excluding hydrogens is 1020 g/mol. The Balaban J connectivity index is 0.894. The second-order valence-electron chi connectivity index (χ2n) is 22.7. The number of nitrogens with one attached hydrogen (secondary N) is 4. The first-order valence-corrected chi connectivity index (χ1v) is 28.7. The predicted molar refractivity (Wildman–Crippen MR) is 309 cm³/mol. The lowest BCUT2D eigenvalue weighted by Crippen LogP contribution is -2.58. The lowest BCUT2D eigenvalue weighted by atomic mass is 9.85. The van der Waals surface area contributed by atoms with Crippen molar-refractivity contribution < 1.29 is 33.8 Å². The zero-order chi connectivity index (χ0) is 56.7. The van der Waals surface area contributed by atoms with Gasteiger partial charge in [-0.05, 0) is 117 Å². The van der Waals surface area contributed by atoms with Crippen LogP contribution < -0.4 is 26.4 Å². The van der Waals surface area contributed by atoms with Crippen LogP contribution in [0.5, 0.6) is 0 Å². The minimum atomic E-state index is -1.03. The van der Waals surface area contributed by atoms with E-state index in [1.165, 1.54) is 10.5 Å². The highest BCUT2D eigenvalue weighted by molar-refractivity contribution is 7.13. The first kappa shape index (κ1) is 58.4. The van der Waals surface area contributed by atoms with E-state index in [9.17, 15) is 33.9 Å². The van der Waals surface area contributed by atoms with Crippen LogP contribution in [0.1, 0.15) is 122 Å². The normalized spacial score (nSPS) is 18.0. The fourth-order valence-corrected chi connectivity index (χ4v) is 12.1. The molecule has 4 atom stereocenters. The summed E-state index contributed by atoms with van der Waals surface area (Å²) in [6.07, 6.45) is 0.297. The predicted octanol–water partition coefficient (Wildman–Crippen LogP) is 7.13. The number of morpholine rings is 1. The summed E-state index contributed by atoms with van der Waals surface area (Å²) in [6, 6.07) is 20.1. The van der Waals surface area contributed by atoms with Gasteiger partial charge in [0.25, 0.3) is 11.5 Å². The smallest absolute Gasteiger partial charge is 0.253 e. The number of aliphatic hydroxyl groups is 1. The minimum Gasteiger partial charge on any atom is -0.391 e. The third kappa shape index (κ3) is 14.2. The van der Waals surface area contributed by atoms with Gasteiger partial charge in [0.2, 0.25) is 23.6 Å². The number of carbonyl (C=O) groups is 5. The number of carbonyl (C=O) groups excluding carboxylic acids is 5. The molecule has 3 aliphatic rings. The second-order valence-corrected chi connectivity index (χ2v) is 23.5. The molecule has 3 aromatic carbocycles. The molecule has 18 heteroatoms. The van der Waals surface area contributed by atoms with Gasteiger partial charge in [-0.1, -0.05) is 69.3 Å². The molecule has 3 fully saturated rings. The number of likely N-dealkylation sites (tertiary alicyclic amines) is 2. The number of amides is 5. The van der Waals surface area contributed by atoms with Crippen LogP contribution in [0.25, 0.3) is 21.6 Å². The molecule has 17 nitrogen and oxygen atoms in total. The zero-order valence-corrected chi connectivity index (χ0v) is 48.2. The number of aryl methyl sites for hydroxylation is 3. The van der Waals surface area contributed by atoms with Crippen LogP contribution in [0.2, 0.25) is 0 Å². The highest BCUT2D eigenvalue weighted by Crippen LogP contribution is 2.35. The Hall–Kier alpha value is -6.73. The van der Waals surface area contributed by atoms with Crippen molar-refractivity contribution in [3.63, 3.8) is 0 Å². The van der Waals surface area contributed by atoms with Gasteiger partial charge in [0.05, 0.1) is 41.4 Å². The molecule has 0 spiro atoms. The molecule has 8 rings (SSSR count). The quantitative estimate of drug-likeness (QED) is 0.0596. The summed E-state index contributed by atoms with van der Waals surface area (Å²) < 4.78 is 5.55. The number of anilines is 1. The number of piperidine rings is 1. The number of rotatable bonds is 18. The summed E-state index contributed by atoms with van der Waals surface area (Å²) in [5.74, 6) is -1.76. The van der Waals surface area contributed by atoms with E-state index < -0.39 is 41.3 Å². The Bertz CT molecular complexity index is 3050. The Morgan fingerprint density at radius 3 is 2.20 bits per heavy atom. The lowest BCUT2D eigenvalue weighted by Gasteiger charge is -2.40. The average Bonchev–Trinajstić information content (AvgIpc) is 4.06. The molecule has 2 aromatic heterocycles. The third-order valence-corrected chi connectivity index (χ3v) is 16.9. The molecule has 0 saturated carbocycles. The molecule has 3 saturated heterocycles. The number of pyridine rings is 1. The number of H-pyrrole nitrogens is 1. The van der Waals surface area contributed by atoms with Gasteiger partial charge in [0, 0.05) is 100 Å². The van der Waals surface area contributed by atoms with Gasteiger partial charge in [-0.3, -0.25) is 33.7 Å². The van der Waals surface area contributed by atoms with E-state index in [1.54, 1.807) is 16.2 Å². The van der Waals surface area contributed by atoms with E-state index >= 15 is 0 Å². The van der Waals surface area contributed by atoms with E-state index in [1.807, 2.05) is 97.3 Å². The molecule has 79 heavy (non-hydrogen) atoms. The number of thiazole rings is 1. The van der Waals surface area contributed by atoms with Crippen molar-refractivity contribution in [2.75, 3.05) is 57.4 Å². The summed E-state index contributed by atoms with van der Waals surface area (Å²) in [5, 5.41) is 19.8. The summed E-state index contributed by atoms with van der Waals surface area (Å²) >= 11 is 1.57. The number of benzene rings is 3. The van der Waals surface area contributed by atoms with Crippen LogP contribution >= 0.6 is 11.3 Å². The van der Waals surface area contributed by atoms with Crippen LogP contribution in [-0.2, 0) is 37.0 Å². The van der Waals surface area contributed by atoms with Gasteiger partial charge in [0.15, 0.2) is 0 Å². The van der Waals surface area contributed by atoms with Crippen molar-refractivity contribution in [1.29, 1.82) is 0 Å². The fraction of sp³-hybridized carbons (Fsp3) is 0.492. The molecule has 0 aliphatic carbocycles. The third-order valence-electron chi connectivity index (χ3n) is 15.9. The van der Waals surface area contributed by atoms with Crippen molar-refractivity contribution in [3.05, 3.63) is 127 Å². The lowest BCUT2D eigenvalue weighted by molar-refractivity contribution is -0.144. The molecule has 5 amide bonds. The molecular formula is C61H79N9O8S. The van der Waals surface area contributed by atoms with Crippen molar-refractivity contribution in [1.82, 2.24) is 40.6 Å². The number of hydrogen-bond donors (Lipinski definition) is 5. The molecule has 5 N–H and O–H groups in total. The van der Waals surface area contributed by atoms with Gasteiger partial charge in [0.1, 0.15) is 12.1 Å². The highest BCUT2D eigenvalue weighted by Gasteiger charge is 2.45. The monoisotopic (exact) mass is 1100 g/mol. The molecule has 0 radical (unpaired) electrons. The fourth-order valence-electron chi connectivity index (χ4n) is 11.3. The van der Waals surface area contributed by atoms with Crippen molar-refractivity contribution in [3.8, 4) is 21.6 Å². The molecule has 0 unspecified atom stereocenters. The van der Waals surface area contributed by atoms with Crippen LogP contribution in [0.15, 0.2) is 77.0 Å². The second kappa shape index (κ2) is 25.6. The van der Waals surface area contributed by atoms with Gasteiger partial charge in [-0.2, -0.15) is 0 Å². The maximum atomic E-state index is 14.4. The summed E-state index contributed by atoms with van der Waals surface area (Å²) in [4.78, 5) is 99.0. The van der Waals surface area contributed by atoms with Crippen molar-refractivity contribution >= 4 is 46.6 Å². The number of aromatic nitrogens is 2. The van der Waals surface area contributed by atoms with Crippen LogP contribution in [-0.4, -0.2) is 136 Å². The van der Waals surface area contributed by atoms with Crippen molar-refractivity contribution in [2.24, 2.45) is 5.41 Å². The molecule has 3 aliphatic heterocycles. The van der Waals surface area contributed by atoms with Gasteiger partial charge in [-0.25, -0.2) is 4.98 Å². The SMILES string of the molecule is CCN(c1cc(-c2ccc(CN3CCOCC3)cc2)cc(C(=O)NCc2c(C)cc(C)[nH]c2=O)c1C)C1CCN(C(=O)CCC(=O)N[C@H](C(=O)N2C[C@H](O)C[C@H]2C(=O)N[C@@H](C)c2ccc(-c3scnc3C)cc2)C(C)(C)C)CC1. The summed E-state index contributed by atoms with van der Waals surface area (Å²) in [6.45, 7) is 22.8. The van der Waals surface area contributed by atoms with Gasteiger partial charge < -0.3 is 45.5 Å². The average molecular weight is 1100 g/mol. The van der Waals surface area contributed by atoms with Crippen LogP contribution in [0.3, 0.4) is 0 Å². The number of aliphatic hydroxyl groups excluding tert-OH is 1. The van der Waals surface area contributed by atoms with Gasteiger partial charge >= 0.3 is 0 Å². The number of aromatic amines is 1. The summed E-state index contributed by atoms with van der Waals surface area (Å²) in [7, 11) is 0. The zero-order valence-electron chi connectivity index (χ0n) is 47.4. The maximum Gasteiger partial charge on any atom is 0.253 e. The number of nitrogens with zero attached hydrogens (tertiary/aromatic N) is 5. The number of ether oxygens (including phenoxy) is 1. The summed E-state index contributed by atoms with van der Waals surface area (Å²) in [5.41, 5.74) is 11.1. The molecule has 0 bridgehead atoms. The van der Waals surface area contributed by atoms with E-state index in [-0.39, 0.29) is 61.8 Å². The first-order chi connectivity index (χ1) is 37.7. The van der Waals surface area contributed by atoms with Crippen LogP contribution in [0, 0.1) is 33.1 Å². The standard InChI is InChI=1S/C61H79N9O8S/c1-10-69(51-31-46(44-13-11-42(12-14-44)34-67-25-27-78-28-26-67)30-49(39(51)4)57(74)62-33-50-37(2)29-38(3)64-58(50)75)47-21-23-68(24-22-47)54(73)20-19-53(72)66-56(61(7,8)9)60(77)70-35-48(71)32-52(70)59(76)65-40(5)43-15-17-45(18-16-43)55-41(6)63-36-79-55/h11-18,29-31,36,40,47-48,52,56,71H,10,19-28,32-35H2,1-9H3,(H,62,74)(H,64,75)(H,65,76)(H,66,72)/t40-,48+,52-,56+/m0/s1. The number of β-amino-alcohol motifs (C(OH)–C–C–N with tert-alkyl or cyclic N) is 1. The van der Waals surface area contributed by atoms with Gasteiger partial charge in [-0.15, -0.1) is 11.3 Å². The van der Waals surface area contributed by atoms with E-state index in [4.69, 9.17) is 4.74 Å². The largest absolute Gasteiger partial charge is 0.391 e. The Morgan fingerprint density at radius 1 is 0.886 bits per heavy atom. The van der Waals surface area contributed by atoms with E-state index in [2.05, 4.69) is 73.0 Å². The minimum absolute atomic E-state index is 0.0476. The first-order valence-electron chi connectivity index (χ1n) is 27.8. The maximum absolute atomic E-state index is 14.4. The Morgan fingerprint density at radius 2 is 1.57 bits per heavy atom. The Kier molecular flexibility index (Phi) is 18.9. The van der Waals surface area contributed by atoms with Crippen molar-refractivity contribution in [2.45, 2.75) is 138 Å².